The van der Waals surface area contributed by atoms with Gasteiger partial charge >= 0.3 is 6.18 Å². The summed E-state index contributed by atoms with van der Waals surface area (Å²) in [7, 11) is 0. The average molecular weight is 269 g/mol. The van der Waals surface area contributed by atoms with Crippen molar-refractivity contribution in [1.82, 2.24) is 5.32 Å². The van der Waals surface area contributed by atoms with E-state index in [4.69, 9.17) is 4.42 Å². The average Bonchev–Trinajstić information content (AvgIpc) is 2.89. The van der Waals surface area contributed by atoms with Crippen LogP contribution >= 0.6 is 0 Å². The Morgan fingerprint density at radius 3 is 2.32 bits per heavy atom. The van der Waals surface area contributed by atoms with Gasteiger partial charge in [-0.2, -0.15) is 13.2 Å². The van der Waals surface area contributed by atoms with Gasteiger partial charge in [-0.1, -0.05) is 19.1 Å². The second-order valence-electron chi connectivity index (χ2n) is 4.13. The molecule has 2 aromatic rings. The molecule has 1 heterocycles. The fourth-order valence-electron chi connectivity index (χ4n) is 1.91. The summed E-state index contributed by atoms with van der Waals surface area (Å²) in [4.78, 5) is 0. The van der Waals surface area contributed by atoms with E-state index in [1.54, 1.807) is 18.4 Å². The first-order valence-electron chi connectivity index (χ1n) is 5.96. The molecule has 5 heteroatoms. The summed E-state index contributed by atoms with van der Waals surface area (Å²) in [5.41, 5.74) is 0.0933. The lowest BCUT2D eigenvalue weighted by Crippen LogP contribution is -2.21. The SMILES string of the molecule is CCNC(c1ccc(C(F)(F)F)cc1)c1ccco1. The maximum Gasteiger partial charge on any atom is 0.416 e. The van der Waals surface area contributed by atoms with Gasteiger partial charge in [-0.15, -0.1) is 0 Å². The van der Waals surface area contributed by atoms with Crippen molar-refractivity contribution in [1.29, 1.82) is 0 Å². The van der Waals surface area contributed by atoms with Gasteiger partial charge in [0, 0.05) is 0 Å². The number of alkyl halides is 3. The van der Waals surface area contributed by atoms with E-state index in [-0.39, 0.29) is 6.04 Å². The first-order chi connectivity index (χ1) is 9.02. The zero-order valence-corrected chi connectivity index (χ0v) is 10.4. The van der Waals surface area contributed by atoms with Gasteiger partial charge in [0.1, 0.15) is 5.76 Å². The second kappa shape index (κ2) is 5.48. The van der Waals surface area contributed by atoms with E-state index >= 15 is 0 Å². The van der Waals surface area contributed by atoms with Crippen molar-refractivity contribution in [3.05, 3.63) is 59.5 Å². The molecule has 2 rings (SSSR count). The third-order valence-corrected chi connectivity index (χ3v) is 2.81. The highest BCUT2D eigenvalue weighted by molar-refractivity contribution is 5.30. The first-order valence-corrected chi connectivity index (χ1v) is 5.96. The molecule has 19 heavy (non-hydrogen) atoms. The Kier molecular flexibility index (Phi) is 3.95. The molecule has 0 amide bonds. The molecular weight excluding hydrogens is 255 g/mol. The van der Waals surface area contributed by atoms with Gasteiger partial charge in [0.2, 0.25) is 0 Å². The minimum atomic E-state index is -4.31. The lowest BCUT2D eigenvalue weighted by Gasteiger charge is -2.16. The number of nitrogens with one attached hydrogen (secondary N) is 1. The summed E-state index contributed by atoms with van der Waals surface area (Å²) < 4.78 is 42.8. The number of halogens is 3. The molecule has 0 saturated heterocycles. The summed E-state index contributed by atoms with van der Waals surface area (Å²) in [6, 6.07) is 8.43. The third kappa shape index (κ3) is 3.17. The number of hydrogen-bond donors (Lipinski definition) is 1. The highest BCUT2D eigenvalue weighted by Gasteiger charge is 2.30. The largest absolute Gasteiger partial charge is 0.467 e. The molecule has 1 aromatic carbocycles. The van der Waals surface area contributed by atoms with Crippen LogP contribution in [0.1, 0.15) is 29.9 Å². The summed E-state index contributed by atoms with van der Waals surface area (Å²) in [5.74, 6) is 0.682. The van der Waals surface area contributed by atoms with Crippen LogP contribution in [0, 0.1) is 0 Å². The summed E-state index contributed by atoms with van der Waals surface area (Å²) in [5, 5.41) is 3.18. The first kappa shape index (κ1) is 13.7. The zero-order chi connectivity index (χ0) is 13.9. The molecule has 0 aliphatic heterocycles. The lowest BCUT2D eigenvalue weighted by atomic mass is 10.0. The number of furan rings is 1. The summed E-state index contributed by atoms with van der Waals surface area (Å²) in [6.07, 6.45) is -2.76. The summed E-state index contributed by atoms with van der Waals surface area (Å²) in [6.45, 7) is 2.62. The smallest absolute Gasteiger partial charge is 0.416 e. The number of rotatable bonds is 4. The van der Waals surface area contributed by atoms with Crippen LogP contribution < -0.4 is 5.32 Å². The molecule has 0 fully saturated rings. The van der Waals surface area contributed by atoms with Crippen molar-refractivity contribution in [2.75, 3.05) is 6.54 Å². The maximum atomic E-state index is 12.5. The van der Waals surface area contributed by atoms with Gasteiger partial charge in [0.15, 0.2) is 0 Å². The van der Waals surface area contributed by atoms with Crippen molar-refractivity contribution < 1.29 is 17.6 Å². The molecule has 0 bridgehead atoms. The molecule has 0 aliphatic rings. The Hall–Kier alpha value is -1.75. The molecule has 102 valence electrons. The lowest BCUT2D eigenvalue weighted by molar-refractivity contribution is -0.137. The van der Waals surface area contributed by atoms with Crippen LogP contribution in [0.15, 0.2) is 47.1 Å². The molecule has 2 nitrogen and oxygen atoms in total. The molecule has 1 aromatic heterocycles. The number of hydrogen-bond acceptors (Lipinski definition) is 2. The van der Waals surface area contributed by atoms with Crippen LogP contribution in [0.3, 0.4) is 0 Å². The highest BCUT2D eigenvalue weighted by Crippen LogP contribution is 2.31. The normalized spacial score (nSPS) is 13.5. The highest BCUT2D eigenvalue weighted by atomic mass is 19.4. The number of benzene rings is 1. The van der Waals surface area contributed by atoms with Crippen molar-refractivity contribution in [3.8, 4) is 0 Å². The Labute approximate surface area is 109 Å². The van der Waals surface area contributed by atoms with E-state index in [1.807, 2.05) is 6.92 Å². The Bertz CT molecular complexity index is 502. The minimum absolute atomic E-state index is 0.234. The minimum Gasteiger partial charge on any atom is -0.467 e. The van der Waals surface area contributed by atoms with E-state index in [2.05, 4.69) is 5.32 Å². The van der Waals surface area contributed by atoms with E-state index < -0.39 is 11.7 Å². The van der Waals surface area contributed by atoms with E-state index in [0.29, 0.717) is 12.3 Å². The predicted molar refractivity (Wildman–Crippen MR) is 65.7 cm³/mol. The van der Waals surface area contributed by atoms with Crippen LogP contribution in [-0.2, 0) is 6.18 Å². The van der Waals surface area contributed by atoms with Crippen LogP contribution in [0.5, 0.6) is 0 Å². The van der Waals surface area contributed by atoms with Crippen molar-refractivity contribution in [3.63, 3.8) is 0 Å². The van der Waals surface area contributed by atoms with Gasteiger partial charge in [-0.25, -0.2) is 0 Å². The Morgan fingerprint density at radius 2 is 1.84 bits per heavy atom. The molecule has 0 spiro atoms. The Morgan fingerprint density at radius 1 is 1.16 bits per heavy atom. The summed E-state index contributed by atoms with van der Waals surface area (Å²) >= 11 is 0. The quantitative estimate of drug-likeness (QED) is 0.907. The fourth-order valence-corrected chi connectivity index (χ4v) is 1.91. The molecule has 1 atom stereocenters. The topological polar surface area (TPSA) is 25.2 Å². The van der Waals surface area contributed by atoms with Crippen molar-refractivity contribution in [2.45, 2.75) is 19.1 Å². The van der Waals surface area contributed by atoms with Gasteiger partial charge in [-0.05, 0) is 36.4 Å². The standard InChI is InChI=1S/C14H14F3NO/c1-2-18-13(12-4-3-9-19-12)10-5-7-11(8-6-10)14(15,16)17/h3-9,13,18H,2H2,1H3. The van der Waals surface area contributed by atoms with Crippen LogP contribution in [0.25, 0.3) is 0 Å². The molecular formula is C14H14F3NO. The van der Waals surface area contributed by atoms with Crippen LogP contribution in [0.4, 0.5) is 13.2 Å². The molecule has 1 N–H and O–H groups in total. The van der Waals surface area contributed by atoms with Gasteiger partial charge in [-0.3, -0.25) is 0 Å². The van der Waals surface area contributed by atoms with E-state index in [1.165, 1.54) is 12.1 Å². The van der Waals surface area contributed by atoms with Gasteiger partial charge in [0.05, 0.1) is 17.9 Å². The molecule has 0 aliphatic carbocycles. The van der Waals surface area contributed by atoms with Crippen molar-refractivity contribution >= 4 is 0 Å². The molecule has 0 radical (unpaired) electrons. The van der Waals surface area contributed by atoms with Crippen molar-refractivity contribution in [2.24, 2.45) is 0 Å². The van der Waals surface area contributed by atoms with Gasteiger partial charge < -0.3 is 9.73 Å². The van der Waals surface area contributed by atoms with Gasteiger partial charge in [0.25, 0.3) is 0 Å². The fraction of sp³-hybridized carbons (Fsp3) is 0.286. The van der Waals surface area contributed by atoms with E-state index in [9.17, 15) is 13.2 Å². The molecule has 1 unspecified atom stereocenters. The van der Waals surface area contributed by atoms with Crippen LogP contribution in [0.2, 0.25) is 0 Å². The zero-order valence-electron chi connectivity index (χ0n) is 10.4. The molecule has 0 saturated carbocycles. The third-order valence-electron chi connectivity index (χ3n) is 2.81. The van der Waals surface area contributed by atoms with Crippen LogP contribution in [-0.4, -0.2) is 6.54 Å². The second-order valence-corrected chi connectivity index (χ2v) is 4.13. The Balaban J connectivity index is 2.28. The predicted octanol–water partition coefficient (Wildman–Crippen LogP) is 4.00. The van der Waals surface area contributed by atoms with E-state index in [0.717, 1.165) is 17.7 Å². The monoisotopic (exact) mass is 269 g/mol. The maximum absolute atomic E-state index is 12.5.